The molecule has 1 saturated carbocycles. The summed E-state index contributed by atoms with van der Waals surface area (Å²) in [6.07, 6.45) is -2.05. The van der Waals surface area contributed by atoms with Crippen LogP contribution >= 0.6 is 0 Å². The van der Waals surface area contributed by atoms with Gasteiger partial charge in [-0.3, -0.25) is 14.9 Å². The molecule has 0 saturated heterocycles. The number of hydrogen-bond acceptors (Lipinski definition) is 5. The molecule has 1 heterocycles. The van der Waals surface area contributed by atoms with E-state index in [1.807, 2.05) is 6.92 Å². The highest BCUT2D eigenvalue weighted by Crippen LogP contribution is 2.49. The van der Waals surface area contributed by atoms with Gasteiger partial charge in [-0.05, 0) is 25.0 Å². The number of benzene rings is 1. The summed E-state index contributed by atoms with van der Waals surface area (Å²) < 4.78 is 43.3. The zero-order chi connectivity index (χ0) is 17.7. The molecular weight excluding hydrogens is 329 g/mol. The molecule has 0 atom stereocenters. The van der Waals surface area contributed by atoms with Crippen LogP contribution in [0.2, 0.25) is 0 Å². The number of rotatable bonds is 4. The molecule has 6 nitrogen and oxygen atoms in total. The standard InChI is InChI=1S/C15H11F3N2O4/c1-14(4-5-14)13-10(7-19-24-13)12(21)9-3-2-8(15(16,17)18)6-11(9)20(22)23/h2-3,6-7H,4-5H2,1H3. The molecule has 0 amide bonds. The molecule has 1 aliphatic carbocycles. The number of hydrogen-bond donors (Lipinski definition) is 0. The van der Waals surface area contributed by atoms with Crippen LogP contribution in [-0.2, 0) is 11.6 Å². The van der Waals surface area contributed by atoms with E-state index in [1.165, 1.54) is 0 Å². The minimum atomic E-state index is -4.74. The largest absolute Gasteiger partial charge is 0.416 e. The predicted octanol–water partition coefficient (Wildman–Crippen LogP) is 3.88. The summed E-state index contributed by atoms with van der Waals surface area (Å²) in [4.78, 5) is 22.7. The fourth-order valence-corrected chi connectivity index (χ4v) is 2.45. The molecule has 9 heteroatoms. The van der Waals surface area contributed by atoms with E-state index >= 15 is 0 Å². The quantitative estimate of drug-likeness (QED) is 0.479. The molecule has 0 unspecified atom stereocenters. The zero-order valence-electron chi connectivity index (χ0n) is 12.4. The second kappa shape index (κ2) is 5.15. The predicted molar refractivity (Wildman–Crippen MR) is 74.6 cm³/mol. The lowest BCUT2D eigenvalue weighted by Crippen LogP contribution is -2.12. The molecule has 1 aromatic heterocycles. The summed E-state index contributed by atoms with van der Waals surface area (Å²) >= 11 is 0. The SMILES string of the molecule is CC1(c2oncc2C(=O)c2ccc(C(F)(F)F)cc2[N+](=O)[O-])CC1. The Morgan fingerprint density at radius 3 is 2.54 bits per heavy atom. The number of alkyl halides is 3. The van der Waals surface area contributed by atoms with E-state index in [-0.39, 0.29) is 11.0 Å². The maximum Gasteiger partial charge on any atom is 0.416 e. The van der Waals surface area contributed by atoms with Crippen molar-refractivity contribution in [3.05, 3.63) is 57.0 Å². The van der Waals surface area contributed by atoms with Gasteiger partial charge in [0.15, 0.2) is 5.76 Å². The minimum absolute atomic E-state index is 0.0397. The van der Waals surface area contributed by atoms with Crippen LogP contribution in [-0.4, -0.2) is 15.9 Å². The molecule has 0 spiro atoms. The van der Waals surface area contributed by atoms with Gasteiger partial charge in [0.25, 0.3) is 5.69 Å². The fourth-order valence-electron chi connectivity index (χ4n) is 2.45. The first kappa shape index (κ1) is 16.2. The van der Waals surface area contributed by atoms with Crippen molar-refractivity contribution in [1.82, 2.24) is 5.16 Å². The van der Waals surface area contributed by atoms with E-state index in [0.717, 1.165) is 25.1 Å². The van der Waals surface area contributed by atoms with Crippen LogP contribution in [0, 0.1) is 10.1 Å². The second-order valence-electron chi connectivity index (χ2n) is 5.95. The zero-order valence-corrected chi connectivity index (χ0v) is 12.4. The first-order valence-corrected chi connectivity index (χ1v) is 6.99. The molecule has 1 aliphatic rings. The van der Waals surface area contributed by atoms with Crippen LogP contribution in [0.15, 0.2) is 28.9 Å². The van der Waals surface area contributed by atoms with Crippen molar-refractivity contribution in [1.29, 1.82) is 0 Å². The molecule has 0 N–H and O–H groups in total. The highest BCUT2D eigenvalue weighted by Gasteiger charge is 2.46. The minimum Gasteiger partial charge on any atom is -0.360 e. The Hall–Kier alpha value is -2.71. The molecule has 24 heavy (non-hydrogen) atoms. The van der Waals surface area contributed by atoms with E-state index in [9.17, 15) is 28.1 Å². The third-order valence-corrected chi connectivity index (χ3v) is 4.13. The van der Waals surface area contributed by atoms with Gasteiger partial charge in [-0.25, -0.2) is 0 Å². The number of nitrogens with zero attached hydrogens (tertiary/aromatic N) is 2. The number of nitro groups is 1. The van der Waals surface area contributed by atoms with Gasteiger partial charge in [0, 0.05) is 11.5 Å². The molecular formula is C15H11F3N2O4. The molecule has 0 bridgehead atoms. The van der Waals surface area contributed by atoms with Gasteiger partial charge in [-0.2, -0.15) is 13.2 Å². The first-order valence-electron chi connectivity index (χ1n) is 6.99. The third kappa shape index (κ3) is 2.66. The molecule has 0 radical (unpaired) electrons. The molecule has 0 aliphatic heterocycles. The number of aromatic nitrogens is 1. The summed E-state index contributed by atoms with van der Waals surface area (Å²) in [5.41, 5.74) is -2.84. The van der Waals surface area contributed by atoms with Crippen molar-refractivity contribution in [2.24, 2.45) is 0 Å². The summed E-state index contributed by atoms with van der Waals surface area (Å²) in [6, 6.07) is 1.82. The average Bonchev–Trinajstić information content (AvgIpc) is 3.06. The highest BCUT2D eigenvalue weighted by atomic mass is 19.4. The van der Waals surface area contributed by atoms with Crippen molar-refractivity contribution < 1.29 is 27.4 Å². The number of ketones is 1. The fraction of sp³-hybridized carbons (Fsp3) is 0.333. The van der Waals surface area contributed by atoms with Crippen molar-refractivity contribution in [2.75, 3.05) is 0 Å². The van der Waals surface area contributed by atoms with E-state index in [0.29, 0.717) is 17.9 Å². The number of carbonyl (C=O) groups excluding carboxylic acids is 1. The molecule has 126 valence electrons. The molecule has 1 aromatic carbocycles. The van der Waals surface area contributed by atoms with Crippen LogP contribution in [0.1, 0.15) is 47.0 Å². The van der Waals surface area contributed by atoms with E-state index in [2.05, 4.69) is 5.16 Å². The summed E-state index contributed by atoms with van der Waals surface area (Å²) in [5, 5.41) is 14.7. The number of halogens is 3. The Kier molecular flexibility index (Phi) is 3.47. The summed E-state index contributed by atoms with van der Waals surface area (Å²) in [6.45, 7) is 1.85. The molecule has 3 rings (SSSR count). The maximum atomic E-state index is 12.7. The van der Waals surface area contributed by atoms with Crippen LogP contribution in [0.5, 0.6) is 0 Å². The van der Waals surface area contributed by atoms with Crippen molar-refractivity contribution in [2.45, 2.75) is 31.4 Å². The summed E-state index contributed by atoms with van der Waals surface area (Å²) in [5.74, 6) is -0.471. The van der Waals surface area contributed by atoms with E-state index in [4.69, 9.17) is 4.52 Å². The summed E-state index contributed by atoms with van der Waals surface area (Å²) in [7, 11) is 0. The normalized spacial score (nSPS) is 16.0. The van der Waals surface area contributed by atoms with Crippen molar-refractivity contribution >= 4 is 11.5 Å². The van der Waals surface area contributed by atoms with Crippen molar-refractivity contribution in [3.8, 4) is 0 Å². The maximum absolute atomic E-state index is 12.7. The van der Waals surface area contributed by atoms with Gasteiger partial charge in [0.2, 0.25) is 5.78 Å². The average molecular weight is 340 g/mol. The lowest BCUT2D eigenvalue weighted by atomic mass is 9.95. The van der Waals surface area contributed by atoms with Gasteiger partial charge in [0.05, 0.1) is 22.2 Å². The van der Waals surface area contributed by atoms with Gasteiger partial charge in [-0.15, -0.1) is 0 Å². The second-order valence-corrected chi connectivity index (χ2v) is 5.95. The highest BCUT2D eigenvalue weighted by molar-refractivity contribution is 6.12. The Balaban J connectivity index is 2.08. The third-order valence-electron chi connectivity index (χ3n) is 4.13. The van der Waals surface area contributed by atoms with Gasteiger partial charge in [0.1, 0.15) is 5.56 Å². The van der Waals surface area contributed by atoms with Gasteiger partial charge >= 0.3 is 6.18 Å². The van der Waals surface area contributed by atoms with Crippen LogP contribution < -0.4 is 0 Å². The Morgan fingerprint density at radius 2 is 2.00 bits per heavy atom. The van der Waals surface area contributed by atoms with Gasteiger partial charge in [-0.1, -0.05) is 12.1 Å². The number of carbonyl (C=O) groups is 1. The topological polar surface area (TPSA) is 86.2 Å². The van der Waals surface area contributed by atoms with E-state index in [1.54, 1.807) is 0 Å². The molecule has 1 fully saturated rings. The van der Waals surface area contributed by atoms with Crippen LogP contribution in [0.25, 0.3) is 0 Å². The van der Waals surface area contributed by atoms with Crippen molar-refractivity contribution in [3.63, 3.8) is 0 Å². The Morgan fingerprint density at radius 1 is 1.33 bits per heavy atom. The van der Waals surface area contributed by atoms with Crippen LogP contribution in [0.3, 0.4) is 0 Å². The van der Waals surface area contributed by atoms with Gasteiger partial charge < -0.3 is 4.52 Å². The Bertz CT molecular complexity index is 837. The smallest absolute Gasteiger partial charge is 0.360 e. The number of nitro benzene ring substituents is 1. The monoisotopic (exact) mass is 340 g/mol. The molecule has 2 aromatic rings. The lowest BCUT2D eigenvalue weighted by molar-refractivity contribution is -0.385. The van der Waals surface area contributed by atoms with Crippen LogP contribution in [0.4, 0.5) is 18.9 Å². The van der Waals surface area contributed by atoms with E-state index < -0.39 is 33.7 Å². The Labute approximate surface area is 133 Å². The lowest BCUT2D eigenvalue weighted by Gasteiger charge is -2.09. The first-order chi connectivity index (χ1) is 11.1.